The number of aryl methyl sites for hydroxylation is 1. The minimum atomic E-state index is 0.293. The zero-order valence-electron chi connectivity index (χ0n) is 13.0. The highest BCUT2D eigenvalue weighted by molar-refractivity contribution is 5.29. The van der Waals surface area contributed by atoms with Gasteiger partial charge in [0.15, 0.2) is 0 Å². The summed E-state index contributed by atoms with van der Waals surface area (Å²) in [5.74, 6) is 0.838. The molecule has 1 aliphatic carbocycles. The van der Waals surface area contributed by atoms with Crippen molar-refractivity contribution in [3.63, 3.8) is 0 Å². The largest absolute Gasteiger partial charge is 0.383 e. The lowest BCUT2D eigenvalue weighted by atomic mass is 9.97. The van der Waals surface area contributed by atoms with Crippen molar-refractivity contribution in [2.75, 3.05) is 26.8 Å². The van der Waals surface area contributed by atoms with Crippen molar-refractivity contribution in [1.82, 2.24) is 4.90 Å². The van der Waals surface area contributed by atoms with Crippen molar-refractivity contribution in [1.29, 1.82) is 0 Å². The molecular weight excluding hydrogens is 248 g/mol. The fraction of sp³-hybridized carbons (Fsp3) is 0.647. The van der Waals surface area contributed by atoms with Gasteiger partial charge in [0.05, 0.1) is 6.61 Å². The Hall–Kier alpha value is -0.900. The number of methoxy groups -OCH3 is 1. The van der Waals surface area contributed by atoms with E-state index in [0.29, 0.717) is 18.6 Å². The number of benzene rings is 1. The fourth-order valence-corrected chi connectivity index (χ4v) is 3.09. The van der Waals surface area contributed by atoms with Crippen LogP contribution < -0.4 is 5.73 Å². The summed E-state index contributed by atoms with van der Waals surface area (Å²) in [7, 11) is 1.77. The van der Waals surface area contributed by atoms with Crippen molar-refractivity contribution in [3.05, 3.63) is 35.4 Å². The maximum Gasteiger partial charge on any atom is 0.0590 e. The molecule has 2 rings (SSSR count). The molecule has 0 amide bonds. The number of hydrogen-bond donors (Lipinski definition) is 1. The lowest BCUT2D eigenvalue weighted by Crippen LogP contribution is -2.43. The summed E-state index contributed by atoms with van der Waals surface area (Å²) in [4.78, 5) is 2.55. The van der Waals surface area contributed by atoms with Gasteiger partial charge in [-0.3, -0.25) is 4.90 Å². The molecule has 0 aliphatic heterocycles. The first-order chi connectivity index (χ1) is 9.69. The second-order valence-electron chi connectivity index (χ2n) is 5.92. The van der Waals surface area contributed by atoms with E-state index in [9.17, 15) is 0 Å². The third-order valence-electron chi connectivity index (χ3n) is 4.55. The highest BCUT2D eigenvalue weighted by Gasteiger charge is 2.35. The molecule has 3 heteroatoms. The third kappa shape index (κ3) is 3.60. The lowest BCUT2D eigenvalue weighted by Gasteiger charge is -2.37. The van der Waals surface area contributed by atoms with Crippen LogP contribution in [0, 0.1) is 12.8 Å². The van der Waals surface area contributed by atoms with Crippen LogP contribution >= 0.6 is 0 Å². The average Bonchev–Trinajstić information content (AvgIpc) is 3.28. The molecule has 1 aromatic carbocycles. The Bertz CT molecular complexity index is 417. The Morgan fingerprint density at radius 1 is 1.35 bits per heavy atom. The molecule has 1 fully saturated rings. The van der Waals surface area contributed by atoms with Crippen molar-refractivity contribution in [2.45, 2.75) is 38.8 Å². The zero-order valence-corrected chi connectivity index (χ0v) is 13.0. The summed E-state index contributed by atoms with van der Waals surface area (Å²) in [5, 5.41) is 0. The number of rotatable bonds is 8. The topological polar surface area (TPSA) is 38.5 Å². The summed E-state index contributed by atoms with van der Waals surface area (Å²) in [6.45, 7) is 6.89. The molecule has 0 heterocycles. The first-order valence-corrected chi connectivity index (χ1v) is 7.69. The van der Waals surface area contributed by atoms with Gasteiger partial charge in [-0.15, -0.1) is 0 Å². The molecule has 0 aromatic heterocycles. The summed E-state index contributed by atoms with van der Waals surface area (Å²) in [6, 6.07) is 9.47. The van der Waals surface area contributed by atoms with Crippen molar-refractivity contribution < 1.29 is 4.74 Å². The van der Waals surface area contributed by atoms with E-state index in [1.54, 1.807) is 7.11 Å². The molecule has 1 aliphatic rings. The van der Waals surface area contributed by atoms with Crippen LogP contribution in [-0.4, -0.2) is 37.7 Å². The van der Waals surface area contributed by atoms with Crippen LogP contribution in [-0.2, 0) is 4.74 Å². The molecule has 2 atom stereocenters. The SMILES string of the molecule is COCCN(C(CN)c1ccccc1C)C(C)C1CC1. The van der Waals surface area contributed by atoms with E-state index in [2.05, 4.69) is 43.0 Å². The molecule has 0 saturated heterocycles. The van der Waals surface area contributed by atoms with Crippen molar-refractivity contribution in [2.24, 2.45) is 11.7 Å². The van der Waals surface area contributed by atoms with Crippen LogP contribution in [0.25, 0.3) is 0 Å². The van der Waals surface area contributed by atoms with E-state index < -0.39 is 0 Å². The van der Waals surface area contributed by atoms with Gasteiger partial charge in [0.25, 0.3) is 0 Å². The van der Waals surface area contributed by atoms with E-state index in [1.165, 1.54) is 24.0 Å². The molecule has 1 saturated carbocycles. The van der Waals surface area contributed by atoms with Gasteiger partial charge in [0.2, 0.25) is 0 Å². The Morgan fingerprint density at radius 3 is 2.60 bits per heavy atom. The summed E-state index contributed by atoms with van der Waals surface area (Å²) < 4.78 is 5.30. The van der Waals surface area contributed by atoms with Crippen LogP contribution in [0.5, 0.6) is 0 Å². The van der Waals surface area contributed by atoms with Crippen LogP contribution in [0.4, 0.5) is 0 Å². The molecule has 0 bridgehead atoms. The predicted octanol–water partition coefficient (Wildman–Crippen LogP) is 2.74. The molecule has 2 N–H and O–H groups in total. The van der Waals surface area contributed by atoms with E-state index in [-0.39, 0.29) is 0 Å². The third-order valence-corrected chi connectivity index (χ3v) is 4.55. The van der Waals surface area contributed by atoms with E-state index >= 15 is 0 Å². The van der Waals surface area contributed by atoms with Gasteiger partial charge in [-0.2, -0.15) is 0 Å². The van der Waals surface area contributed by atoms with Gasteiger partial charge in [-0.25, -0.2) is 0 Å². The van der Waals surface area contributed by atoms with Gasteiger partial charge in [-0.1, -0.05) is 24.3 Å². The number of nitrogens with zero attached hydrogens (tertiary/aromatic N) is 1. The highest BCUT2D eigenvalue weighted by atomic mass is 16.5. The summed E-state index contributed by atoms with van der Waals surface area (Å²) in [6.07, 6.45) is 2.71. The molecule has 0 radical (unpaired) electrons. The second kappa shape index (κ2) is 7.21. The highest BCUT2D eigenvalue weighted by Crippen LogP contribution is 2.38. The monoisotopic (exact) mass is 276 g/mol. The van der Waals surface area contributed by atoms with E-state index in [0.717, 1.165) is 19.1 Å². The normalized spacial score (nSPS) is 18.2. The van der Waals surface area contributed by atoms with Crippen LogP contribution in [0.3, 0.4) is 0 Å². The fourth-order valence-electron chi connectivity index (χ4n) is 3.09. The Kier molecular flexibility index (Phi) is 5.58. The summed E-state index contributed by atoms with van der Waals surface area (Å²) in [5.41, 5.74) is 8.81. The number of ether oxygens (including phenoxy) is 1. The average molecular weight is 276 g/mol. The van der Waals surface area contributed by atoms with Crippen molar-refractivity contribution in [3.8, 4) is 0 Å². The van der Waals surface area contributed by atoms with Gasteiger partial charge >= 0.3 is 0 Å². The second-order valence-corrected chi connectivity index (χ2v) is 5.92. The predicted molar refractivity (Wildman–Crippen MR) is 83.7 cm³/mol. The van der Waals surface area contributed by atoms with Gasteiger partial charge in [0, 0.05) is 32.3 Å². The minimum absolute atomic E-state index is 0.293. The lowest BCUT2D eigenvalue weighted by molar-refractivity contribution is 0.0832. The van der Waals surface area contributed by atoms with Gasteiger partial charge in [0.1, 0.15) is 0 Å². The van der Waals surface area contributed by atoms with Gasteiger partial charge < -0.3 is 10.5 Å². The van der Waals surface area contributed by atoms with E-state index in [1.807, 2.05) is 0 Å². The molecule has 20 heavy (non-hydrogen) atoms. The molecular formula is C17H28N2O. The minimum Gasteiger partial charge on any atom is -0.383 e. The zero-order chi connectivity index (χ0) is 14.5. The molecule has 3 nitrogen and oxygen atoms in total. The number of hydrogen-bond acceptors (Lipinski definition) is 3. The molecule has 2 unspecified atom stereocenters. The molecule has 0 spiro atoms. The molecule has 112 valence electrons. The smallest absolute Gasteiger partial charge is 0.0590 e. The Labute approximate surface area is 123 Å². The van der Waals surface area contributed by atoms with E-state index in [4.69, 9.17) is 10.5 Å². The standard InChI is InChI=1S/C17H28N2O/c1-13-6-4-5-7-16(13)17(12-18)19(10-11-20-3)14(2)15-8-9-15/h4-7,14-15,17H,8-12,18H2,1-3H3. The quantitative estimate of drug-likeness (QED) is 0.793. The molecule has 1 aromatic rings. The maximum absolute atomic E-state index is 6.12. The maximum atomic E-state index is 6.12. The first-order valence-electron chi connectivity index (χ1n) is 7.69. The first kappa shape index (κ1) is 15.5. The Morgan fingerprint density at radius 2 is 2.05 bits per heavy atom. The van der Waals surface area contributed by atoms with Crippen LogP contribution in [0.2, 0.25) is 0 Å². The van der Waals surface area contributed by atoms with Gasteiger partial charge in [-0.05, 0) is 43.7 Å². The Balaban J connectivity index is 2.21. The van der Waals surface area contributed by atoms with Crippen LogP contribution in [0.1, 0.15) is 36.9 Å². The van der Waals surface area contributed by atoms with Crippen LogP contribution in [0.15, 0.2) is 24.3 Å². The van der Waals surface area contributed by atoms with Crippen molar-refractivity contribution >= 4 is 0 Å². The summed E-state index contributed by atoms with van der Waals surface area (Å²) >= 11 is 0. The number of nitrogens with two attached hydrogens (primary N) is 1.